The Kier molecular flexibility index (Phi) is 6.13. The zero-order valence-electron chi connectivity index (χ0n) is 19.1. The highest BCUT2D eigenvalue weighted by Gasteiger charge is 2.18. The van der Waals surface area contributed by atoms with Gasteiger partial charge in [-0.15, -0.1) is 0 Å². The van der Waals surface area contributed by atoms with Crippen molar-refractivity contribution in [2.75, 3.05) is 5.32 Å². The summed E-state index contributed by atoms with van der Waals surface area (Å²) in [7, 11) is 0. The van der Waals surface area contributed by atoms with Gasteiger partial charge in [0.2, 0.25) is 0 Å². The lowest BCUT2D eigenvalue weighted by Gasteiger charge is -2.12. The van der Waals surface area contributed by atoms with E-state index in [1.165, 1.54) is 0 Å². The third-order valence-corrected chi connectivity index (χ3v) is 5.87. The predicted molar refractivity (Wildman–Crippen MR) is 137 cm³/mol. The Hall–Kier alpha value is -4.31. The van der Waals surface area contributed by atoms with Crippen molar-refractivity contribution in [2.45, 2.75) is 20.1 Å². The molecule has 168 valence electrons. The first-order valence-electron chi connectivity index (χ1n) is 11.4. The monoisotopic (exact) mass is 446 g/mol. The molecule has 0 aliphatic rings. The van der Waals surface area contributed by atoms with Crippen LogP contribution in [0.2, 0.25) is 0 Å². The number of fused-ring (bicyclic) bond motifs is 1. The molecule has 5 aromatic rings. The Bertz CT molecular complexity index is 1410. The summed E-state index contributed by atoms with van der Waals surface area (Å²) in [5.41, 5.74) is 5.70. The van der Waals surface area contributed by atoms with Crippen LogP contribution in [0.25, 0.3) is 10.9 Å². The van der Waals surface area contributed by atoms with Crippen LogP contribution in [0, 0.1) is 6.92 Å². The molecule has 0 aliphatic carbocycles. The summed E-state index contributed by atoms with van der Waals surface area (Å²) in [5.74, 6) is 0.613. The fraction of sp³-hybridized carbons (Fsp3) is 0.100. The van der Waals surface area contributed by atoms with Crippen molar-refractivity contribution >= 4 is 22.5 Å². The number of nitrogens with one attached hydrogen (secondary N) is 1. The molecule has 1 heterocycles. The second-order valence-corrected chi connectivity index (χ2v) is 8.38. The Labute approximate surface area is 199 Å². The van der Waals surface area contributed by atoms with E-state index < -0.39 is 0 Å². The second kappa shape index (κ2) is 9.67. The van der Waals surface area contributed by atoms with Crippen LogP contribution in [0.15, 0.2) is 109 Å². The quantitative estimate of drug-likeness (QED) is 0.298. The number of carbonyl (C=O) groups is 1. The van der Waals surface area contributed by atoms with Crippen LogP contribution in [-0.2, 0) is 13.2 Å². The lowest BCUT2D eigenvalue weighted by molar-refractivity contribution is 0.101. The van der Waals surface area contributed by atoms with Gasteiger partial charge in [0.1, 0.15) is 18.1 Å². The number of carbonyl (C=O) groups excluding carboxylic acids is 1. The summed E-state index contributed by atoms with van der Waals surface area (Å²) >= 11 is 0. The molecule has 1 N–H and O–H groups in total. The Morgan fingerprint density at radius 3 is 2.18 bits per heavy atom. The van der Waals surface area contributed by atoms with E-state index in [1.807, 2.05) is 104 Å². The maximum absolute atomic E-state index is 13.4. The van der Waals surface area contributed by atoms with E-state index in [2.05, 4.69) is 22.0 Å². The van der Waals surface area contributed by atoms with Gasteiger partial charge in [-0.2, -0.15) is 0 Å². The molecule has 0 saturated carbocycles. The molecule has 4 aromatic carbocycles. The van der Waals surface area contributed by atoms with Gasteiger partial charge in [-0.05, 0) is 48.4 Å². The van der Waals surface area contributed by atoms with Crippen molar-refractivity contribution < 1.29 is 9.53 Å². The van der Waals surface area contributed by atoms with Crippen LogP contribution < -0.4 is 10.1 Å². The number of ether oxygens (including phenoxy) is 1. The van der Waals surface area contributed by atoms with Gasteiger partial charge >= 0.3 is 0 Å². The minimum atomic E-state index is -0.148. The topological polar surface area (TPSA) is 43.3 Å². The summed E-state index contributed by atoms with van der Waals surface area (Å²) in [5, 5.41) is 3.97. The fourth-order valence-electron chi connectivity index (χ4n) is 4.07. The number of anilines is 1. The van der Waals surface area contributed by atoms with Crippen molar-refractivity contribution in [1.82, 2.24) is 4.57 Å². The molecule has 4 nitrogen and oxygen atoms in total. The molecule has 0 unspecified atom stereocenters. The molecule has 1 amide bonds. The molecule has 0 radical (unpaired) electrons. The van der Waals surface area contributed by atoms with Gasteiger partial charge in [0.05, 0.1) is 5.52 Å². The van der Waals surface area contributed by atoms with Gasteiger partial charge in [-0.25, -0.2) is 0 Å². The number of hydrogen-bond donors (Lipinski definition) is 1. The van der Waals surface area contributed by atoms with E-state index in [4.69, 9.17) is 4.74 Å². The van der Waals surface area contributed by atoms with Crippen LogP contribution >= 0.6 is 0 Å². The van der Waals surface area contributed by atoms with E-state index in [9.17, 15) is 4.79 Å². The third kappa shape index (κ3) is 4.71. The smallest absolute Gasteiger partial charge is 0.272 e. The predicted octanol–water partition coefficient (Wildman–Crippen LogP) is 6.83. The van der Waals surface area contributed by atoms with Crippen LogP contribution in [0.5, 0.6) is 5.75 Å². The Morgan fingerprint density at radius 1 is 0.794 bits per heavy atom. The average molecular weight is 447 g/mol. The number of hydrogen-bond acceptors (Lipinski definition) is 2. The van der Waals surface area contributed by atoms with Crippen LogP contribution in [0.3, 0.4) is 0 Å². The van der Waals surface area contributed by atoms with Crippen LogP contribution in [0.1, 0.15) is 27.2 Å². The van der Waals surface area contributed by atoms with Gasteiger partial charge in [0.15, 0.2) is 0 Å². The molecular weight excluding hydrogens is 420 g/mol. The highest BCUT2D eigenvalue weighted by molar-refractivity contribution is 6.07. The molecule has 0 aliphatic heterocycles. The summed E-state index contributed by atoms with van der Waals surface area (Å²) in [6.45, 7) is 3.08. The standard InChI is InChI=1S/C30H26N2O2/c1-22-15-17-25(18-16-22)31-30(33)28-19-26-27(32(28)20-23-9-4-2-5-10-23)13-8-14-29(26)34-21-24-11-6-3-7-12-24/h2-19H,20-21H2,1H3,(H,31,33). The summed E-state index contributed by atoms with van der Waals surface area (Å²) in [6, 6.07) is 36.0. The minimum absolute atomic E-state index is 0.148. The van der Waals surface area contributed by atoms with E-state index in [0.717, 1.165) is 39.0 Å². The molecule has 0 saturated heterocycles. The largest absolute Gasteiger partial charge is 0.488 e. The van der Waals surface area contributed by atoms with Crippen molar-refractivity contribution in [2.24, 2.45) is 0 Å². The number of rotatable bonds is 7. The molecule has 1 aromatic heterocycles. The molecule has 4 heteroatoms. The van der Waals surface area contributed by atoms with E-state index in [1.54, 1.807) is 0 Å². The lowest BCUT2D eigenvalue weighted by Crippen LogP contribution is -2.17. The minimum Gasteiger partial charge on any atom is -0.488 e. The van der Waals surface area contributed by atoms with E-state index >= 15 is 0 Å². The maximum atomic E-state index is 13.4. The van der Waals surface area contributed by atoms with E-state index in [-0.39, 0.29) is 5.91 Å². The van der Waals surface area contributed by atoms with Crippen molar-refractivity contribution in [1.29, 1.82) is 0 Å². The van der Waals surface area contributed by atoms with Gasteiger partial charge < -0.3 is 14.6 Å². The zero-order valence-corrected chi connectivity index (χ0v) is 19.1. The third-order valence-electron chi connectivity index (χ3n) is 5.87. The molecular formula is C30H26N2O2. The first kappa shape index (κ1) is 21.5. The molecule has 0 bridgehead atoms. The Balaban J connectivity index is 1.52. The second-order valence-electron chi connectivity index (χ2n) is 8.38. The SMILES string of the molecule is Cc1ccc(NC(=O)c2cc3c(OCc4ccccc4)cccc3n2Cc2ccccc2)cc1. The highest BCUT2D eigenvalue weighted by atomic mass is 16.5. The zero-order chi connectivity index (χ0) is 23.3. The molecule has 5 rings (SSSR count). The number of aryl methyl sites for hydroxylation is 1. The Morgan fingerprint density at radius 2 is 1.47 bits per heavy atom. The lowest BCUT2D eigenvalue weighted by atomic mass is 10.2. The van der Waals surface area contributed by atoms with Gasteiger partial charge in [0, 0.05) is 17.6 Å². The van der Waals surface area contributed by atoms with Crippen LogP contribution in [-0.4, -0.2) is 10.5 Å². The molecule has 0 fully saturated rings. The van der Waals surface area contributed by atoms with Gasteiger partial charge in [0.25, 0.3) is 5.91 Å². The number of nitrogens with zero attached hydrogens (tertiary/aromatic N) is 1. The molecule has 0 atom stereocenters. The van der Waals surface area contributed by atoms with Crippen molar-refractivity contribution in [3.63, 3.8) is 0 Å². The number of amides is 1. The summed E-state index contributed by atoms with van der Waals surface area (Å²) < 4.78 is 8.25. The van der Waals surface area contributed by atoms with Gasteiger partial charge in [-0.1, -0.05) is 84.4 Å². The number of benzene rings is 4. The van der Waals surface area contributed by atoms with Crippen molar-refractivity contribution in [3.8, 4) is 5.75 Å². The summed E-state index contributed by atoms with van der Waals surface area (Å²) in [6.07, 6.45) is 0. The summed E-state index contributed by atoms with van der Waals surface area (Å²) in [4.78, 5) is 13.4. The maximum Gasteiger partial charge on any atom is 0.272 e. The normalized spacial score (nSPS) is 10.9. The molecule has 0 spiro atoms. The fourth-order valence-corrected chi connectivity index (χ4v) is 4.07. The van der Waals surface area contributed by atoms with Gasteiger partial charge in [-0.3, -0.25) is 4.79 Å². The first-order chi connectivity index (χ1) is 16.7. The first-order valence-corrected chi connectivity index (χ1v) is 11.4. The van der Waals surface area contributed by atoms with Crippen molar-refractivity contribution in [3.05, 3.63) is 132 Å². The number of aromatic nitrogens is 1. The van der Waals surface area contributed by atoms with Crippen LogP contribution in [0.4, 0.5) is 5.69 Å². The highest BCUT2D eigenvalue weighted by Crippen LogP contribution is 2.31. The average Bonchev–Trinajstić information content (AvgIpc) is 3.24. The van der Waals surface area contributed by atoms with E-state index in [0.29, 0.717) is 18.8 Å². The molecule has 34 heavy (non-hydrogen) atoms.